The molecule has 1 saturated carbocycles. The molecule has 7 heteroatoms. The Morgan fingerprint density at radius 3 is 2.61 bits per heavy atom. The van der Waals surface area contributed by atoms with Crippen LogP contribution in [0.5, 0.6) is 0 Å². The third-order valence-corrected chi connectivity index (χ3v) is 5.46. The van der Waals surface area contributed by atoms with Gasteiger partial charge in [-0.05, 0) is 24.6 Å². The molecule has 0 spiro atoms. The van der Waals surface area contributed by atoms with Gasteiger partial charge in [0.05, 0.1) is 18.9 Å². The maximum atomic E-state index is 12.8. The van der Waals surface area contributed by atoms with E-state index in [9.17, 15) is 14.7 Å². The van der Waals surface area contributed by atoms with E-state index in [1.165, 1.54) is 13.1 Å². The molecule has 1 aliphatic carbocycles. The average molecular weight is 381 g/mol. The van der Waals surface area contributed by atoms with Crippen molar-refractivity contribution >= 4 is 11.8 Å². The molecule has 2 aromatic rings. The highest BCUT2D eigenvalue weighted by atomic mass is 16.5. The van der Waals surface area contributed by atoms with Gasteiger partial charge in [-0.15, -0.1) is 0 Å². The van der Waals surface area contributed by atoms with Crippen molar-refractivity contribution in [2.24, 2.45) is 11.8 Å². The lowest BCUT2D eigenvalue weighted by Gasteiger charge is -2.15. The number of rotatable bonds is 5. The maximum absolute atomic E-state index is 12.8. The molecular weight excluding hydrogens is 358 g/mol. The van der Waals surface area contributed by atoms with Gasteiger partial charge in [0.25, 0.3) is 11.8 Å². The summed E-state index contributed by atoms with van der Waals surface area (Å²) < 4.78 is 5.35. The Balaban J connectivity index is 1.63. The summed E-state index contributed by atoms with van der Waals surface area (Å²) in [6, 6.07) is 10.5. The largest absolute Gasteiger partial charge is 0.382 e. The molecule has 1 aromatic carbocycles. The van der Waals surface area contributed by atoms with Crippen molar-refractivity contribution in [3.8, 4) is 0 Å². The molecule has 2 aliphatic rings. The number of aromatic nitrogens is 1. The number of ether oxygens (including phenoxy) is 1. The number of hydrogen-bond donors (Lipinski definition) is 3. The van der Waals surface area contributed by atoms with Crippen LogP contribution in [0.2, 0.25) is 0 Å². The first kappa shape index (κ1) is 18.6. The minimum absolute atomic E-state index is 0.0937. The van der Waals surface area contributed by atoms with Crippen LogP contribution in [0.3, 0.4) is 0 Å². The SMILES string of the molecule is CNC(=O)c1cc(C(=O)N[C@H]2[C@@H]3COC[C@@H]32)cc([C@H](O)c2cccc(C)c2)n1. The fourth-order valence-electron chi connectivity index (χ4n) is 3.77. The van der Waals surface area contributed by atoms with E-state index in [1.807, 2.05) is 25.1 Å². The van der Waals surface area contributed by atoms with E-state index < -0.39 is 12.0 Å². The van der Waals surface area contributed by atoms with E-state index in [0.717, 1.165) is 5.56 Å². The Hall–Kier alpha value is -2.77. The Morgan fingerprint density at radius 2 is 1.93 bits per heavy atom. The second-order valence-corrected chi connectivity index (χ2v) is 7.43. The van der Waals surface area contributed by atoms with Crippen molar-refractivity contribution in [3.63, 3.8) is 0 Å². The van der Waals surface area contributed by atoms with E-state index in [1.54, 1.807) is 12.1 Å². The lowest BCUT2D eigenvalue weighted by atomic mass is 10.0. The number of nitrogens with zero attached hydrogens (tertiary/aromatic N) is 1. The van der Waals surface area contributed by atoms with Crippen LogP contribution < -0.4 is 10.6 Å². The van der Waals surface area contributed by atoms with Gasteiger partial charge in [-0.3, -0.25) is 9.59 Å². The van der Waals surface area contributed by atoms with Gasteiger partial charge in [0.1, 0.15) is 11.8 Å². The molecule has 28 heavy (non-hydrogen) atoms. The van der Waals surface area contributed by atoms with Crippen LogP contribution >= 0.6 is 0 Å². The maximum Gasteiger partial charge on any atom is 0.269 e. The number of nitrogens with one attached hydrogen (secondary N) is 2. The van der Waals surface area contributed by atoms with Crippen molar-refractivity contribution in [3.05, 3.63) is 64.5 Å². The fourth-order valence-corrected chi connectivity index (χ4v) is 3.77. The van der Waals surface area contributed by atoms with Crippen LogP contribution in [0, 0.1) is 18.8 Å². The van der Waals surface area contributed by atoms with Gasteiger partial charge in [-0.1, -0.05) is 29.8 Å². The van der Waals surface area contributed by atoms with Gasteiger partial charge in [-0.25, -0.2) is 4.98 Å². The molecule has 0 bridgehead atoms. The number of pyridine rings is 1. The highest BCUT2D eigenvalue weighted by Crippen LogP contribution is 2.44. The molecular formula is C21H23N3O4. The summed E-state index contributed by atoms with van der Waals surface area (Å²) >= 11 is 0. The minimum Gasteiger partial charge on any atom is -0.382 e. The van der Waals surface area contributed by atoms with E-state index in [2.05, 4.69) is 15.6 Å². The number of fused-ring (bicyclic) bond motifs is 1. The van der Waals surface area contributed by atoms with Crippen LogP contribution in [0.25, 0.3) is 0 Å². The topological polar surface area (TPSA) is 101 Å². The summed E-state index contributed by atoms with van der Waals surface area (Å²) in [6.45, 7) is 3.28. The molecule has 146 valence electrons. The normalized spacial score (nSPS) is 23.6. The van der Waals surface area contributed by atoms with Crippen LogP contribution in [0.15, 0.2) is 36.4 Å². The Bertz CT molecular complexity index is 920. The van der Waals surface area contributed by atoms with E-state index in [4.69, 9.17) is 4.74 Å². The third-order valence-electron chi connectivity index (χ3n) is 5.46. The number of hydrogen-bond acceptors (Lipinski definition) is 5. The molecule has 7 nitrogen and oxygen atoms in total. The van der Waals surface area contributed by atoms with Crippen molar-refractivity contribution < 1.29 is 19.4 Å². The minimum atomic E-state index is -1.04. The highest BCUT2D eigenvalue weighted by Gasteiger charge is 2.54. The first-order chi connectivity index (χ1) is 13.5. The van der Waals surface area contributed by atoms with Crippen molar-refractivity contribution in [2.75, 3.05) is 20.3 Å². The number of amides is 2. The van der Waals surface area contributed by atoms with Gasteiger partial charge >= 0.3 is 0 Å². The summed E-state index contributed by atoms with van der Waals surface area (Å²) in [5.41, 5.74) is 2.31. The monoisotopic (exact) mass is 381 g/mol. The molecule has 2 heterocycles. The lowest BCUT2D eigenvalue weighted by molar-refractivity contribution is 0.0928. The number of aliphatic hydroxyl groups excluding tert-OH is 1. The summed E-state index contributed by atoms with van der Waals surface area (Å²) in [5.74, 6) is 0.0665. The second-order valence-electron chi connectivity index (χ2n) is 7.43. The molecule has 3 N–H and O–H groups in total. The summed E-state index contributed by atoms with van der Waals surface area (Å²) in [6.07, 6.45) is -1.04. The second kappa shape index (κ2) is 7.33. The number of benzene rings is 1. The Labute approximate surface area is 163 Å². The molecule has 1 aliphatic heterocycles. The number of carbonyl (C=O) groups excluding carboxylic acids is 2. The summed E-state index contributed by atoms with van der Waals surface area (Å²) in [5, 5.41) is 16.3. The standard InChI is InChI=1S/C21H23N3O4/c1-11-4-3-5-12(6-11)19(25)16-7-13(8-17(23-16)21(27)22-2)20(26)24-18-14-9-28-10-15(14)18/h3-8,14-15,18-19,25H,9-10H2,1-2H3,(H,22,27)(H,24,26)/t14-,15+,18+,19-/m1/s1. The van der Waals surface area contributed by atoms with E-state index in [0.29, 0.717) is 36.2 Å². The number of carbonyl (C=O) groups is 2. The highest BCUT2D eigenvalue weighted by molar-refractivity contribution is 5.99. The zero-order chi connectivity index (χ0) is 19.8. The van der Waals surface area contributed by atoms with Gasteiger partial charge in [0.2, 0.25) is 0 Å². The van der Waals surface area contributed by atoms with Crippen molar-refractivity contribution in [2.45, 2.75) is 19.1 Å². The predicted octanol–water partition coefficient (Wildman–Crippen LogP) is 1.21. The van der Waals surface area contributed by atoms with E-state index >= 15 is 0 Å². The van der Waals surface area contributed by atoms with Gasteiger partial charge in [0.15, 0.2) is 0 Å². The summed E-state index contributed by atoms with van der Waals surface area (Å²) in [7, 11) is 1.50. The van der Waals surface area contributed by atoms with Crippen LogP contribution in [0.4, 0.5) is 0 Å². The molecule has 2 fully saturated rings. The van der Waals surface area contributed by atoms with Crippen LogP contribution in [-0.4, -0.2) is 48.2 Å². The quantitative estimate of drug-likeness (QED) is 0.723. The molecule has 4 atom stereocenters. The number of aryl methyl sites for hydroxylation is 1. The number of aliphatic hydroxyl groups is 1. The molecule has 0 radical (unpaired) electrons. The van der Waals surface area contributed by atoms with Crippen molar-refractivity contribution in [1.29, 1.82) is 0 Å². The van der Waals surface area contributed by atoms with Gasteiger partial charge in [-0.2, -0.15) is 0 Å². The fraction of sp³-hybridized carbons (Fsp3) is 0.381. The first-order valence-corrected chi connectivity index (χ1v) is 9.35. The van der Waals surface area contributed by atoms with Gasteiger partial charge < -0.3 is 20.5 Å². The smallest absolute Gasteiger partial charge is 0.269 e. The molecule has 1 aromatic heterocycles. The Kier molecular flexibility index (Phi) is 4.87. The first-order valence-electron chi connectivity index (χ1n) is 9.35. The predicted molar refractivity (Wildman–Crippen MR) is 102 cm³/mol. The van der Waals surface area contributed by atoms with Crippen LogP contribution in [0.1, 0.15) is 43.8 Å². The Morgan fingerprint density at radius 1 is 1.18 bits per heavy atom. The van der Waals surface area contributed by atoms with E-state index in [-0.39, 0.29) is 23.3 Å². The zero-order valence-electron chi connectivity index (χ0n) is 15.8. The lowest BCUT2D eigenvalue weighted by Crippen LogP contribution is -2.31. The zero-order valence-corrected chi connectivity index (χ0v) is 15.8. The summed E-state index contributed by atoms with van der Waals surface area (Å²) in [4.78, 5) is 29.2. The molecule has 4 rings (SSSR count). The average Bonchev–Trinajstić information content (AvgIpc) is 3.12. The van der Waals surface area contributed by atoms with Crippen molar-refractivity contribution in [1.82, 2.24) is 15.6 Å². The molecule has 2 amide bonds. The molecule has 0 unspecified atom stereocenters. The van der Waals surface area contributed by atoms with Crippen LogP contribution in [-0.2, 0) is 4.74 Å². The third kappa shape index (κ3) is 3.50. The molecule has 1 saturated heterocycles. The van der Waals surface area contributed by atoms with Gasteiger partial charge in [0, 0.05) is 30.5 Å².